The number of nitrogens with one attached hydrogen (secondary N) is 1. The van der Waals surface area contributed by atoms with Crippen molar-refractivity contribution < 1.29 is 38.0 Å². The van der Waals surface area contributed by atoms with Gasteiger partial charge in [0.05, 0.1) is 44.3 Å². The number of hydrogen-bond acceptors (Lipinski definition) is 9. The van der Waals surface area contributed by atoms with Gasteiger partial charge in [0.1, 0.15) is 0 Å². The Morgan fingerprint density at radius 2 is 1.14 bits per heavy atom. The topological polar surface area (TPSA) is 120 Å². The van der Waals surface area contributed by atoms with Crippen molar-refractivity contribution >= 4 is 6.09 Å². The Labute approximate surface area is 267 Å². The lowest BCUT2D eigenvalue weighted by Crippen LogP contribution is -2.56. The normalized spacial score (nSPS) is 43.3. The molecular formula is C34H64N2O8. The van der Waals surface area contributed by atoms with Crippen molar-refractivity contribution in [2.24, 2.45) is 59.0 Å². The Balaban J connectivity index is 1.73. The second-order valence-corrected chi connectivity index (χ2v) is 14.7. The molecule has 3 aliphatic heterocycles. The Hall–Kier alpha value is -1.01. The fourth-order valence-electron chi connectivity index (χ4n) is 6.89. The number of hydrogen-bond donors (Lipinski definition) is 2. The van der Waals surface area contributed by atoms with Crippen LogP contribution in [0, 0.1) is 53.3 Å². The van der Waals surface area contributed by atoms with E-state index in [9.17, 15) is 4.79 Å². The van der Waals surface area contributed by atoms with E-state index >= 15 is 0 Å². The van der Waals surface area contributed by atoms with E-state index in [0.717, 1.165) is 6.42 Å². The number of carbonyl (C=O) groups is 1. The zero-order valence-corrected chi connectivity index (χ0v) is 29.5. The van der Waals surface area contributed by atoms with Gasteiger partial charge < -0.3 is 44.2 Å². The number of carbonyl (C=O) groups excluding carboxylic acids is 1. The quantitative estimate of drug-likeness (QED) is 0.260. The van der Waals surface area contributed by atoms with Crippen LogP contribution in [-0.2, 0) is 33.2 Å². The summed E-state index contributed by atoms with van der Waals surface area (Å²) in [6, 6.07) is 0. The van der Waals surface area contributed by atoms with Gasteiger partial charge in [0.25, 0.3) is 0 Å². The van der Waals surface area contributed by atoms with Crippen molar-refractivity contribution in [3.63, 3.8) is 0 Å². The molecule has 3 heterocycles. The van der Waals surface area contributed by atoms with Crippen molar-refractivity contribution in [3.05, 3.63) is 0 Å². The van der Waals surface area contributed by atoms with E-state index in [0.29, 0.717) is 30.3 Å². The van der Waals surface area contributed by atoms with Gasteiger partial charge in [-0.25, -0.2) is 4.79 Å². The van der Waals surface area contributed by atoms with Gasteiger partial charge in [-0.15, -0.1) is 0 Å². The number of alkyl carbamates (subject to hydrolysis) is 1. The third-order valence-electron chi connectivity index (χ3n) is 10.9. The van der Waals surface area contributed by atoms with Gasteiger partial charge in [-0.1, -0.05) is 69.2 Å². The molecule has 44 heavy (non-hydrogen) atoms. The van der Waals surface area contributed by atoms with Crippen molar-refractivity contribution in [2.75, 3.05) is 19.9 Å². The van der Waals surface area contributed by atoms with Crippen LogP contribution in [-0.4, -0.2) is 75.4 Å². The summed E-state index contributed by atoms with van der Waals surface area (Å²) < 4.78 is 44.4. The molecule has 1 amide bonds. The molecule has 3 N–H and O–H groups in total. The second-order valence-electron chi connectivity index (χ2n) is 14.7. The van der Waals surface area contributed by atoms with E-state index in [1.807, 2.05) is 13.8 Å². The summed E-state index contributed by atoms with van der Waals surface area (Å²) in [6.45, 7) is 26.7. The summed E-state index contributed by atoms with van der Waals surface area (Å²) >= 11 is 0. The first-order valence-corrected chi connectivity index (χ1v) is 17.2. The maximum absolute atomic E-state index is 12.5. The molecule has 0 saturated carbocycles. The van der Waals surface area contributed by atoms with Gasteiger partial charge in [0.15, 0.2) is 25.0 Å². The minimum absolute atomic E-state index is 0.0203. The number of amides is 1. The second kappa shape index (κ2) is 16.7. The molecule has 10 nitrogen and oxygen atoms in total. The standard InChI is InChI=1S/C34H64N2O8/c1-17(2)13-27-21(7)19(5)25(11)31(41-27)38-14-29-23(9)24(10)30(44-34(37)36-16-35)33(43-29)39-15-28-22(8)20(6)26(12)32(42-28)40-18(3)4/h17-33H,13-16,35H2,1-12H3,(H,36,37)/t19-,20-,21+,22+,23+,24-,25?,26?,27?,28?,29?,30?,31+,32+,33+/m0/s1. The first-order chi connectivity index (χ1) is 20.7. The highest BCUT2D eigenvalue weighted by Gasteiger charge is 2.47. The lowest BCUT2D eigenvalue weighted by Gasteiger charge is -2.47. The first kappa shape index (κ1) is 37.4. The number of rotatable bonds is 12. The Bertz CT molecular complexity index is 876. The minimum atomic E-state index is -0.800. The summed E-state index contributed by atoms with van der Waals surface area (Å²) in [5, 5.41) is 2.53. The van der Waals surface area contributed by atoms with Gasteiger partial charge in [-0.2, -0.15) is 0 Å². The van der Waals surface area contributed by atoms with Crippen LogP contribution >= 0.6 is 0 Å². The maximum Gasteiger partial charge on any atom is 0.408 e. The first-order valence-electron chi connectivity index (χ1n) is 17.2. The maximum atomic E-state index is 12.5. The van der Waals surface area contributed by atoms with E-state index in [1.54, 1.807) is 0 Å². The lowest BCUT2D eigenvalue weighted by atomic mass is 9.77. The van der Waals surface area contributed by atoms with Crippen LogP contribution in [0.15, 0.2) is 0 Å². The molecule has 15 atom stereocenters. The molecule has 0 aromatic carbocycles. The van der Waals surface area contributed by atoms with Crippen LogP contribution < -0.4 is 11.1 Å². The highest BCUT2D eigenvalue weighted by molar-refractivity contribution is 5.67. The molecular weight excluding hydrogens is 564 g/mol. The van der Waals surface area contributed by atoms with E-state index in [4.69, 9.17) is 38.9 Å². The fourth-order valence-corrected chi connectivity index (χ4v) is 6.89. The van der Waals surface area contributed by atoms with Crippen molar-refractivity contribution in [2.45, 2.75) is 139 Å². The van der Waals surface area contributed by atoms with Crippen LogP contribution in [0.1, 0.15) is 89.5 Å². The highest BCUT2D eigenvalue weighted by Crippen LogP contribution is 2.40. The zero-order valence-electron chi connectivity index (χ0n) is 29.5. The molecule has 0 aromatic rings. The van der Waals surface area contributed by atoms with Crippen molar-refractivity contribution in [1.29, 1.82) is 0 Å². The van der Waals surface area contributed by atoms with Crippen molar-refractivity contribution in [1.82, 2.24) is 5.32 Å². The predicted octanol–water partition coefficient (Wildman–Crippen LogP) is 5.77. The third kappa shape index (κ3) is 9.29. The molecule has 3 aliphatic rings. The summed E-state index contributed by atoms with van der Waals surface area (Å²) in [4.78, 5) is 12.5. The number of nitrogens with two attached hydrogens (primary N) is 1. The van der Waals surface area contributed by atoms with Gasteiger partial charge in [0, 0.05) is 17.8 Å². The SMILES string of the molecule is CC(C)CC1O[C@@H](OCC2O[C@@H](OCC3O[C@@H](OC(C)C)C(C)[C@@H](C)[C@H]3C)C(OC(=O)NCN)[C@@H](C)[C@H]2C)C(C)[C@@H](C)[C@H]1C. The average molecular weight is 629 g/mol. The minimum Gasteiger partial charge on any atom is -0.440 e. The molecule has 3 rings (SSSR count). The third-order valence-corrected chi connectivity index (χ3v) is 10.9. The zero-order chi connectivity index (χ0) is 32.9. The molecule has 0 aromatic heterocycles. The molecule has 10 heteroatoms. The molecule has 0 aliphatic carbocycles. The summed E-state index contributed by atoms with van der Waals surface area (Å²) in [7, 11) is 0. The summed E-state index contributed by atoms with van der Waals surface area (Å²) in [6.07, 6.45) is -1.90. The fraction of sp³-hybridized carbons (Fsp3) is 0.971. The van der Waals surface area contributed by atoms with Crippen LogP contribution in [0.25, 0.3) is 0 Å². The van der Waals surface area contributed by atoms with Gasteiger partial charge >= 0.3 is 6.09 Å². The van der Waals surface area contributed by atoms with E-state index in [2.05, 4.69) is 74.6 Å². The monoisotopic (exact) mass is 628 g/mol. The van der Waals surface area contributed by atoms with E-state index < -0.39 is 18.5 Å². The van der Waals surface area contributed by atoms with Crippen LogP contribution in [0.2, 0.25) is 0 Å². The van der Waals surface area contributed by atoms with Crippen LogP contribution in [0.5, 0.6) is 0 Å². The lowest BCUT2D eigenvalue weighted by molar-refractivity contribution is -0.315. The molecule has 6 unspecified atom stereocenters. The van der Waals surface area contributed by atoms with Gasteiger partial charge in [-0.3, -0.25) is 0 Å². The Morgan fingerprint density at radius 3 is 1.68 bits per heavy atom. The van der Waals surface area contributed by atoms with E-state index in [1.165, 1.54) is 0 Å². The molecule has 0 radical (unpaired) electrons. The van der Waals surface area contributed by atoms with Gasteiger partial charge in [0.2, 0.25) is 0 Å². The molecule has 0 bridgehead atoms. The highest BCUT2D eigenvalue weighted by atomic mass is 16.7. The van der Waals surface area contributed by atoms with Crippen LogP contribution in [0.4, 0.5) is 4.79 Å². The smallest absolute Gasteiger partial charge is 0.408 e. The molecule has 3 fully saturated rings. The summed E-state index contributed by atoms with van der Waals surface area (Å²) in [5.74, 6) is 2.57. The largest absolute Gasteiger partial charge is 0.440 e. The summed E-state index contributed by atoms with van der Waals surface area (Å²) in [5.41, 5.74) is 5.54. The Morgan fingerprint density at radius 1 is 0.659 bits per heavy atom. The molecule has 0 spiro atoms. The van der Waals surface area contributed by atoms with Gasteiger partial charge in [-0.05, 0) is 55.8 Å². The Kier molecular flexibility index (Phi) is 14.2. The van der Waals surface area contributed by atoms with Crippen molar-refractivity contribution in [3.8, 4) is 0 Å². The average Bonchev–Trinajstić information content (AvgIpc) is 2.95. The predicted molar refractivity (Wildman–Crippen MR) is 169 cm³/mol. The van der Waals surface area contributed by atoms with Crippen LogP contribution in [0.3, 0.4) is 0 Å². The molecule has 258 valence electrons. The number of ether oxygens (including phenoxy) is 7. The van der Waals surface area contributed by atoms with E-state index in [-0.39, 0.29) is 79.9 Å². The molecule has 3 saturated heterocycles.